The van der Waals surface area contributed by atoms with Crippen LogP contribution in [0.3, 0.4) is 0 Å². The van der Waals surface area contributed by atoms with E-state index in [1.165, 1.54) is 0 Å². The maximum atomic E-state index is 12.8. The highest BCUT2D eigenvalue weighted by molar-refractivity contribution is 6.10. The first-order valence-corrected chi connectivity index (χ1v) is 7.46. The Labute approximate surface area is 125 Å². The number of fused-ring (bicyclic) bond motifs is 1. The summed E-state index contributed by atoms with van der Waals surface area (Å²) in [6.07, 6.45) is 2.65. The number of nitrogens with zero attached hydrogens (tertiary/aromatic N) is 1. The van der Waals surface area contributed by atoms with Gasteiger partial charge < -0.3 is 14.4 Å². The molecule has 0 aromatic heterocycles. The SMILES string of the molecule is Cc1cc2c(cc1C)C(=O)/C(=C/N1CCOCC1)CCO2. The standard InChI is InChI=1S/C17H21NO3/c1-12-9-15-16(10-13(12)2)21-6-3-14(17(15)19)11-18-4-7-20-8-5-18/h9-11H,3-8H2,1-2H3/b14-11+. The van der Waals surface area contributed by atoms with Crippen LogP contribution in [0.4, 0.5) is 0 Å². The van der Waals surface area contributed by atoms with Crippen LogP contribution < -0.4 is 4.74 Å². The number of rotatable bonds is 1. The van der Waals surface area contributed by atoms with Crippen molar-refractivity contribution in [3.63, 3.8) is 0 Å². The van der Waals surface area contributed by atoms with Crippen molar-refractivity contribution >= 4 is 5.78 Å². The Morgan fingerprint density at radius 1 is 1.10 bits per heavy atom. The zero-order valence-corrected chi connectivity index (χ0v) is 12.6. The van der Waals surface area contributed by atoms with Gasteiger partial charge >= 0.3 is 0 Å². The van der Waals surface area contributed by atoms with Crippen molar-refractivity contribution in [3.05, 3.63) is 40.6 Å². The smallest absolute Gasteiger partial charge is 0.194 e. The number of ketones is 1. The molecule has 4 nitrogen and oxygen atoms in total. The molecule has 21 heavy (non-hydrogen) atoms. The number of hydrogen-bond acceptors (Lipinski definition) is 4. The minimum Gasteiger partial charge on any atom is -0.492 e. The molecule has 0 unspecified atom stereocenters. The van der Waals surface area contributed by atoms with E-state index in [-0.39, 0.29) is 5.78 Å². The molecule has 3 rings (SSSR count). The number of hydrogen-bond donors (Lipinski definition) is 0. The Hall–Kier alpha value is -1.81. The lowest BCUT2D eigenvalue weighted by atomic mass is 9.98. The van der Waals surface area contributed by atoms with Crippen LogP contribution in [0.15, 0.2) is 23.9 Å². The molecule has 2 aliphatic rings. The summed E-state index contributed by atoms with van der Waals surface area (Å²) in [4.78, 5) is 14.9. The topological polar surface area (TPSA) is 38.8 Å². The van der Waals surface area contributed by atoms with E-state index in [1.54, 1.807) is 0 Å². The number of benzene rings is 1. The van der Waals surface area contributed by atoms with Crippen LogP contribution >= 0.6 is 0 Å². The van der Waals surface area contributed by atoms with E-state index in [0.717, 1.165) is 43.0 Å². The summed E-state index contributed by atoms with van der Waals surface area (Å²) in [5.41, 5.74) is 3.80. The molecule has 1 aromatic carbocycles. The van der Waals surface area contributed by atoms with Gasteiger partial charge in [-0.05, 0) is 37.1 Å². The summed E-state index contributed by atoms with van der Waals surface area (Å²) >= 11 is 0. The molecule has 112 valence electrons. The lowest BCUT2D eigenvalue weighted by molar-refractivity contribution is 0.0586. The second-order valence-corrected chi connectivity index (χ2v) is 5.66. The van der Waals surface area contributed by atoms with Crippen molar-refractivity contribution in [1.82, 2.24) is 4.90 Å². The van der Waals surface area contributed by atoms with Gasteiger partial charge in [0.15, 0.2) is 5.78 Å². The molecule has 0 N–H and O–H groups in total. The van der Waals surface area contributed by atoms with E-state index >= 15 is 0 Å². The van der Waals surface area contributed by atoms with Crippen LogP contribution in [0.25, 0.3) is 0 Å². The van der Waals surface area contributed by atoms with Crippen molar-refractivity contribution in [1.29, 1.82) is 0 Å². The van der Waals surface area contributed by atoms with Gasteiger partial charge in [0.1, 0.15) is 5.75 Å². The fraction of sp³-hybridized carbons (Fsp3) is 0.471. The summed E-state index contributed by atoms with van der Waals surface area (Å²) in [5, 5.41) is 0. The quantitative estimate of drug-likeness (QED) is 0.744. The summed E-state index contributed by atoms with van der Waals surface area (Å²) < 4.78 is 11.1. The van der Waals surface area contributed by atoms with Gasteiger partial charge in [-0.2, -0.15) is 0 Å². The van der Waals surface area contributed by atoms with Crippen molar-refractivity contribution in [3.8, 4) is 5.75 Å². The van der Waals surface area contributed by atoms with Crippen LogP contribution in [-0.2, 0) is 4.74 Å². The summed E-state index contributed by atoms with van der Waals surface area (Å²) in [7, 11) is 0. The third kappa shape index (κ3) is 2.95. The average molecular weight is 287 g/mol. The van der Waals surface area contributed by atoms with Crippen LogP contribution in [0, 0.1) is 13.8 Å². The summed E-state index contributed by atoms with van der Waals surface area (Å²) in [5.74, 6) is 0.811. The first-order valence-electron chi connectivity index (χ1n) is 7.46. The van der Waals surface area contributed by atoms with Crippen LogP contribution in [0.5, 0.6) is 5.75 Å². The van der Waals surface area contributed by atoms with Crippen molar-refractivity contribution in [2.75, 3.05) is 32.9 Å². The molecule has 0 radical (unpaired) electrons. The maximum absolute atomic E-state index is 12.8. The van der Waals surface area contributed by atoms with E-state index in [0.29, 0.717) is 24.3 Å². The lowest BCUT2D eigenvalue weighted by Crippen LogP contribution is -2.32. The number of aryl methyl sites for hydroxylation is 2. The van der Waals surface area contributed by atoms with Gasteiger partial charge in [0, 0.05) is 31.3 Å². The molecule has 1 fully saturated rings. The molecule has 1 saturated heterocycles. The minimum atomic E-state index is 0.0945. The van der Waals surface area contributed by atoms with Crippen molar-refractivity contribution < 1.29 is 14.3 Å². The zero-order chi connectivity index (χ0) is 14.8. The van der Waals surface area contributed by atoms with E-state index in [1.807, 2.05) is 32.2 Å². The Balaban J connectivity index is 1.92. The van der Waals surface area contributed by atoms with Gasteiger partial charge in [0.2, 0.25) is 0 Å². The minimum absolute atomic E-state index is 0.0945. The molecule has 0 aliphatic carbocycles. The number of Topliss-reactive ketones (excluding diaryl/α,β-unsaturated/α-hetero) is 1. The molecular formula is C17H21NO3. The van der Waals surface area contributed by atoms with Crippen LogP contribution in [0.2, 0.25) is 0 Å². The molecule has 0 amide bonds. The number of morpholine rings is 1. The molecule has 0 saturated carbocycles. The first-order chi connectivity index (χ1) is 10.1. The molecular weight excluding hydrogens is 266 g/mol. The second-order valence-electron chi connectivity index (χ2n) is 5.66. The van der Waals surface area contributed by atoms with E-state index in [9.17, 15) is 4.79 Å². The van der Waals surface area contributed by atoms with Crippen LogP contribution in [0.1, 0.15) is 27.9 Å². The Morgan fingerprint density at radius 3 is 2.57 bits per heavy atom. The van der Waals surface area contributed by atoms with Gasteiger partial charge in [-0.1, -0.05) is 0 Å². The molecule has 2 heterocycles. The van der Waals surface area contributed by atoms with Crippen molar-refractivity contribution in [2.24, 2.45) is 0 Å². The summed E-state index contributed by atoms with van der Waals surface area (Å²) in [6.45, 7) is 7.76. The molecule has 0 atom stereocenters. The Kier molecular flexibility index (Phi) is 3.97. The van der Waals surface area contributed by atoms with E-state index < -0.39 is 0 Å². The predicted octanol–water partition coefficient (Wildman–Crippen LogP) is 2.48. The third-order valence-electron chi connectivity index (χ3n) is 4.15. The molecule has 1 aromatic rings. The van der Waals surface area contributed by atoms with Gasteiger partial charge in [-0.25, -0.2) is 0 Å². The zero-order valence-electron chi connectivity index (χ0n) is 12.6. The third-order valence-corrected chi connectivity index (χ3v) is 4.15. The Morgan fingerprint density at radius 2 is 1.81 bits per heavy atom. The first kappa shape index (κ1) is 14.1. The molecule has 4 heteroatoms. The normalized spacial score (nSPS) is 21.0. The fourth-order valence-electron chi connectivity index (χ4n) is 2.69. The molecule has 0 bridgehead atoms. The second kappa shape index (κ2) is 5.90. The fourth-order valence-corrected chi connectivity index (χ4v) is 2.69. The highest BCUT2D eigenvalue weighted by Gasteiger charge is 2.23. The highest BCUT2D eigenvalue weighted by atomic mass is 16.5. The monoisotopic (exact) mass is 287 g/mol. The van der Waals surface area contributed by atoms with Gasteiger partial charge in [-0.3, -0.25) is 4.79 Å². The number of carbonyl (C=O) groups excluding carboxylic acids is 1. The van der Waals surface area contributed by atoms with Crippen LogP contribution in [-0.4, -0.2) is 43.6 Å². The van der Waals surface area contributed by atoms with Gasteiger partial charge in [0.05, 0.1) is 25.4 Å². The average Bonchev–Trinajstić information content (AvgIpc) is 2.62. The largest absolute Gasteiger partial charge is 0.492 e. The summed E-state index contributed by atoms with van der Waals surface area (Å²) in [6, 6.07) is 3.92. The Bertz CT molecular complexity index is 586. The predicted molar refractivity (Wildman–Crippen MR) is 80.8 cm³/mol. The van der Waals surface area contributed by atoms with Gasteiger partial charge in [-0.15, -0.1) is 0 Å². The van der Waals surface area contributed by atoms with E-state index in [2.05, 4.69) is 4.90 Å². The highest BCUT2D eigenvalue weighted by Crippen LogP contribution is 2.29. The number of ether oxygens (including phenoxy) is 2. The lowest BCUT2D eigenvalue weighted by Gasteiger charge is -2.26. The number of carbonyl (C=O) groups is 1. The van der Waals surface area contributed by atoms with Gasteiger partial charge in [0.25, 0.3) is 0 Å². The maximum Gasteiger partial charge on any atom is 0.194 e. The molecule has 0 spiro atoms. The molecule has 2 aliphatic heterocycles. The van der Waals surface area contributed by atoms with Crippen molar-refractivity contribution in [2.45, 2.75) is 20.3 Å². The van der Waals surface area contributed by atoms with E-state index in [4.69, 9.17) is 9.47 Å².